The van der Waals surface area contributed by atoms with E-state index in [0.29, 0.717) is 5.54 Å². The highest BCUT2D eigenvalue weighted by Crippen LogP contribution is 2.61. The Balaban J connectivity index is 1.67. The molecule has 1 N–H and O–H groups in total. The second kappa shape index (κ2) is 3.98. The van der Waals surface area contributed by atoms with Crippen molar-refractivity contribution in [1.82, 2.24) is 5.32 Å². The van der Waals surface area contributed by atoms with Gasteiger partial charge in [-0.05, 0) is 87.0 Å². The molecule has 5 rings (SSSR count). The van der Waals surface area contributed by atoms with E-state index in [2.05, 4.69) is 19.2 Å². The van der Waals surface area contributed by atoms with Gasteiger partial charge in [0.1, 0.15) is 0 Å². The van der Waals surface area contributed by atoms with Crippen molar-refractivity contribution >= 4 is 0 Å². The van der Waals surface area contributed by atoms with Gasteiger partial charge < -0.3 is 5.32 Å². The summed E-state index contributed by atoms with van der Waals surface area (Å²) in [6.07, 6.45) is 10.8. The third-order valence-electron chi connectivity index (χ3n) is 7.07. The van der Waals surface area contributed by atoms with Gasteiger partial charge in [0.25, 0.3) is 0 Å². The van der Waals surface area contributed by atoms with Gasteiger partial charge in [-0.15, -0.1) is 0 Å². The predicted octanol–water partition coefficient (Wildman–Crippen LogP) is 3.84. The molecule has 102 valence electrons. The Morgan fingerprint density at radius 2 is 1.56 bits per heavy atom. The van der Waals surface area contributed by atoms with Crippen LogP contribution in [0.2, 0.25) is 0 Å². The minimum absolute atomic E-state index is 0.516. The van der Waals surface area contributed by atoms with Crippen molar-refractivity contribution in [1.29, 1.82) is 0 Å². The first kappa shape index (κ1) is 11.8. The minimum Gasteiger partial charge on any atom is -0.311 e. The fourth-order valence-corrected chi connectivity index (χ4v) is 6.72. The van der Waals surface area contributed by atoms with Crippen LogP contribution in [0.4, 0.5) is 0 Å². The molecule has 18 heavy (non-hydrogen) atoms. The van der Waals surface area contributed by atoms with Gasteiger partial charge in [0.15, 0.2) is 0 Å². The lowest BCUT2D eigenvalue weighted by atomic mass is 9.47. The van der Waals surface area contributed by atoms with E-state index >= 15 is 0 Å². The number of hydrogen-bond acceptors (Lipinski definition) is 1. The van der Waals surface area contributed by atoms with Gasteiger partial charge in [-0.1, -0.05) is 13.8 Å². The predicted molar refractivity (Wildman–Crippen MR) is 75.3 cm³/mol. The summed E-state index contributed by atoms with van der Waals surface area (Å²) in [5.41, 5.74) is 0.516. The van der Waals surface area contributed by atoms with Crippen LogP contribution < -0.4 is 5.32 Å². The van der Waals surface area contributed by atoms with Gasteiger partial charge in [-0.3, -0.25) is 0 Å². The van der Waals surface area contributed by atoms with E-state index in [4.69, 9.17) is 0 Å². The summed E-state index contributed by atoms with van der Waals surface area (Å²) in [5, 5.41) is 4.00. The largest absolute Gasteiger partial charge is 0.311 e. The van der Waals surface area contributed by atoms with Gasteiger partial charge >= 0.3 is 0 Å². The molecule has 5 aliphatic rings. The topological polar surface area (TPSA) is 12.0 Å². The molecule has 0 radical (unpaired) electrons. The Morgan fingerprint density at radius 3 is 2.00 bits per heavy atom. The molecule has 1 saturated heterocycles. The zero-order valence-corrected chi connectivity index (χ0v) is 12.1. The molecule has 0 aromatic rings. The maximum absolute atomic E-state index is 4.00. The Labute approximate surface area is 112 Å². The van der Waals surface area contributed by atoms with Gasteiger partial charge in [0, 0.05) is 5.54 Å². The first-order valence-electron chi connectivity index (χ1n) is 8.44. The summed E-state index contributed by atoms with van der Waals surface area (Å²) in [5.74, 6) is 6.24. The minimum atomic E-state index is 0.516. The van der Waals surface area contributed by atoms with Crippen LogP contribution in [0, 0.1) is 35.5 Å². The van der Waals surface area contributed by atoms with E-state index in [1.165, 1.54) is 19.4 Å². The van der Waals surface area contributed by atoms with Crippen molar-refractivity contribution in [2.75, 3.05) is 6.54 Å². The highest BCUT2D eigenvalue weighted by Gasteiger charge is 2.56. The van der Waals surface area contributed by atoms with Gasteiger partial charge in [-0.25, -0.2) is 0 Å². The molecule has 1 nitrogen and oxygen atoms in total. The third-order valence-corrected chi connectivity index (χ3v) is 7.07. The second-order valence-electron chi connectivity index (χ2n) is 8.18. The average molecular weight is 247 g/mol. The third kappa shape index (κ3) is 1.49. The van der Waals surface area contributed by atoms with Crippen LogP contribution in [0.1, 0.15) is 58.8 Å². The molecular weight excluding hydrogens is 218 g/mol. The number of nitrogens with one attached hydrogen (secondary N) is 1. The van der Waals surface area contributed by atoms with Crippen molar-refractivity contribution in [3.63, 3.8) is 0 Å². The maximum Gasteiger partial charge on any atom is 0.0238 e. The zero-order chi connectivity index (χ0) is 12.3. The van der Waals surface area contributed by atoms with Crippen LogP contribution in [-0.2, 0) is 0 Å². The van der Waals surface area contributed by atoms with E-state index in [0.717, 1.165) is 35.5 Å². The fourth-order valence-electron chi connectivity index (χ4n) is 6.72. The van der Waals surface area contributed by atoms with Crippen molar-refractivity contribution in [3.05, 3.63) is 0 Å². The van der Waals surface area contributed by atoms with Crippen LogP contribution in [-0.4, -0.2) is 12.1 Å². The molecule has 1 atom stereocenters. The highest BCUT2D eigenvalue weighted by molar-refractivity contribution is 5.10. The normalized spacial score (nSPS) is 54.5. The number of hydrogen-bond donors (Lipinski definition) is 1. The molecule has 5 fully saturated rings. The first-order chi connectivity index (χ1) is 8.69. The summed E-state index contributed by atoms with van der Waals surface area (Å²) in [6, 6.07) is 0. The Morgan fingerprint density at radius 1 is 0.944 bits per heavy atom. The lowest BCUT2D eigenvalue weighted by Gasteiger charge is -2.60. The summed E-state index contributed by atoms with van der Waals surface area (Å²) in [7, 11) is 0. The average Bonchev–Trinajstić information content (AvgIpc) is 2.77. The smallest absolute Gasteiger partial charge is 0.0238 e. The molecule has 4 aliphatic carbocycles. The molecule has 1 heteroatoms. The highest BCUT2D eigenvalue weighted by atomic mass is 15.0. The standard InChI is InChI=1S/C17H29N/c1-11(2)17(4-3-5-18-17)16-14-7-12-6-13(9-14)10-15(16)8-12/h11-16,18H,3-10H2,1-2H3. The molecule has 0 aromatic carbocycles. The first-order valence-corrected chi connectivity index (χ1v) is 8.44. The Bertz CT molecular complexity index is 299. The van der Waals surface area contributed by atoms with Crippen LogP contribution in [0.25, 0.3) is 0 Å². The van der Waals surface area contributed by atoms with Crippen LogP contribution in [0.3, 0.4) is 0 Å². The fraction of sp³-hybridized carbons (Fsp3) is 1.00. The lowest BCUT2D eigenvalue weighted by molar-refractivity contribution is -0.0856. The van der Waals surface area contributed by atoms with E-state index in [-0.39, 0.29) is 0 Å². The molecule has 1 aliphatic heterocycles. The molecule has 4 saturated carbocycles. The molecule has 1 heterocycles. The quantitative estimate of drug-likeness (QED) is 0.782. The van der Waals surface area contributed by atoms with E-state index < -0.39 is 0 Å². The second-order valence-corrected chi connectivity index (χ2v) is 8.18. The SMILES string of the molecule is CC(C)C1(C2C3CC4CC(C3)CC2C4)CCCN1. The van der Waals surface area contributed by atoms with E-state index in [1.54, 1.807) is 32.1 Å². The Kier molecular flexibility index (Phi) is 2.60. The van der Waals surface area contributed by atoms with Crippen LogP contribution in [0.15, 0.2) is 0 Å². The summed E-state index contributed by atoms with van der Waals surface area (Å²) in [6.45, 7) is 6.23. The zero-order valence-electron chi connectivity index (χ0n) is 12.1. The van der Waals surface area contributed by atoms with Crippen molar-refractivity contribution in [2.24, 2.45) is 35.5 Å². The lowest BCUT2D eigenvalue weighted by Crippen LogP contribution is -2.61. The molecule has 0 amide bonds. The molecule has 4 bridgehead atoms. The van der Waals surface area contributed by atoms with Crippen LogP contribution in [0.5, 0.6) is 0 Å². The summed E-state index contributed by atoms with van der Waals surface area (Å²) < 4.78 is 0. The van der Waals surface area contributed by atoms with Crippen LogP contribution >= 0.6 is 0 Å². The van der Waals surface area contributed by atoms with E-state index in [1.807, 2.05) is 0 Å². The van der Waals surface area contributed by atoms with Crippen molar-refractivity contribution in [2.45, 2.75) is 64.3 Å². The monoisotopic (exact) mass is 247 g/mol. The summed E-state index contributed by atoms with van der Waals surface area (Å²) in [4.78, 5) is 0. The van der Waals surface area contributed by atoms with Crippen molar-refractivity contribution < 1.29 is 0 Å². The summed E-state index contributed by atoms with van der Waals surface area (Å²) >= 11 is 0. The molecule has 0 spiro atoms. The number of rotatable bonds is 2. The Hall–Kier alpha value is -0.0400. The van der Waals surface area contributed by atoms with Gasteiger partial charge in [-0.2, -0.15) is 0 Å². The molecule has 0 aromatic heterocycles. The van der Waals surface area contributed by atoms with Gasteiger partial charge in [0.05, 0.1) is 0 Å². The van der Waals surface area contributed by atoms with Crippen molar-refractivity contribution in [3.8, 4) is 0 Å². The van der Waals surface area contributed by atoms with Gasteiger partial charge in [0.2, 0.25) is 0 Å². The molecular formula is C17H29N. The molecule has 1 unspecified atom stereocenters. The van der Waals surface area contributed by atoms with E-state index in [9.17, 15) is 0 Å². The maximum atomic E-state index is 4.00.